The minimum atomic E-state index is -3.23. The average molecular weight is 338 g/mol. The number of carbonyl (C=O) groups is 1. The van der Waals surface area contributed by atoms with Crippen LogP contribution >= 0.6 is 0 Å². The molecule has 0 aromatic heterocycles. The molecule has 2 rings (SSSR count). The summed E-state index contributed by atoms with van der Waals surface area (Å²) in [6, 6.07) is 10.5. The van der Waals surface area contributed by atoms with Gasteiger partial charge in [0.2, 0.25) is 15.9 Å². The van der Waals surface area contributed by atoms with Gasteiger partial charge in [0.15, 0.2) is 0 Å². The average Bonchev–Trinajstić information content (AvgIpc) is 2.49. The summed E-state index contributed by atoms with van der Waals surface area (Å²) in [7, 11) is -3.23. The van der Waals surface area contributed by atoms with Crippen molar-refractivity contribution in [3.05, 3.63) is 35.9 Å². The quantitative estimate of drug-likeness (QED) is 0.796. The van der Waals surface area contributed by atoms with Gasteiger partial charge in [-0.3, -0.25) is 4.79 Å². The molecule has 1 fully saturated rings. The smallest absolute Gasteiger partial charge is 0.221 e. The molecule has 1 amide bonds. The van der Waals surface area contributed by atoms with Crippen LogP contribution in [0.3, 0.4) is 0 Å². The number of benzene rings is 1. The second-order valence-corrected chi connectivity index (χ2v) is 8.16. The molecule has 0 heterocycles. The highest BCUT2D eigenvalue weighted by Gasteiger charge is 2.26. The standard InChI is InChI=1S/C17H26N2O3S/c1-23(21,22)18-12-11-17(20)19-16-10-6-5-9-15(16)13-14-7-3-2-4-8-14/h2-4,7-8,15-16,18H,5-6,9-13H2,1H3,(H,19,20)/t15-,16+/m1/s1. The van der Waals surface area contributed by atoms with Crippen molar-refractivity contribution in [3.63, 3.8) is 0 Å². The van der Waals surface area contributed by atoms with E-state index in [2.05, 4.69) is 22.2 Å². The van der Waals surface area contributed by atoms with Gasteiger partial charge in [0.1, 0.15) is 0 Å². The zero-order valence-corrected chi connectivity index (χ0v) is 14.4. The summed E-state index contributed by atoms with van der Waals surface area (Å²) in [6.07, 6.45) is 6.73. The number of sulfonamides is 1. The largest absolute Gasteiger partial charge is 0.353 e. The summed E-state index contributed by atoms with van der Waals surface area (Å²) in [5, 5.41) is 3.10. The zero-order valence-electron chi connectivity index (χ0n) is 13.6. The maximum absolute atomic E-state index is 12.0. The van der Waals surface area contributed by atoms with E-state index in [9.17, 15) is 13.2 Å². The first kappa shape index (κ1) is 17.9. The predicted molar refractivity (Wildman–Crippen MR) is 91.5 cm³/mol. The molecule has 1 saturated carbocycles. The Balaban J connectivity index is 1.84. The molecule has 2 N–H and O–H groups in total. The van der Waals surface area contributed by atoms with Crippen LogP contribution in [-0.4, -0.2) is 33.2 Å². The lowest BCUT2D eigenvalue weighted by Gasteiger charge is -2.32. The van der Waals surface area contributed by atoms with Gasteiger partial charge in [0.05, 0.1) is 6.26 Å². The van der Waals surface area contributed by atoms with E-state index in [1.165, 1.54) is 12.0 Å². The van der Waals surface area contributed by atoms with Crippen LogP contribution < -0.4 is 10.0 Å². The molecule has 128 valence electrons. The zero-order chi connectivity index (χ0) is 16.7. The minimum Gasteiger partial charge on any atom is -0.353 e. The SMILES string of the molecule is CS(=O)(=O)NCCC(=O)N[C@H]1CCCC[C@@H]1Cc1ccccc1. The fraction of sp³-hybridized carbons (Fsp3) is 0.588. The Bertz CT molecular complexity index is 602. The number of rotatable bonds is 7. The molecule has 1 aliphatic rings. The molecule has 23 heavy (non-hydrogen) atoms. The third kappa shape index (κ3) is 6.71. The molecular weight excluding hydrogens is 312 g/mol. The van der Waals surface area contributed by atoms with Crippen LogP contribution in [0.1, 0.15) is 37.7 Å². The number of hydrogen-bond donors (Lipinski definition) is 2. The summed E-state index contributed by atoms with van der Waals surface area (Å²) >= 11 is 0. The number of carbonyl (C=O) groups excluding carboxylic acids is 1. The van der Waals surface area contributed by atoms with Crippen molar-refractivity contribution in [1.82, 2.24) is 10.0 Å². The molecule has 0 aliphatic heterocycles. The molecule has 5 nitrogen and oxygen atoms in total. The molecule has 0 unspecified atom stereocenters. The highest BCUT2D eigenvalue weighted by Crippen LogP contribution is 2.27. The van der Waals surface area contributed by atoms with Gasteiger partial charge in [-0.1, -0.05) is 43.2 Å². The molecule has 0 bridgehead atoms. The van der Waals surface area contributed by atoms with Crippen molar-refractivity contribution in [2.45, 2.75) is 44.6 Å². The highest BCUT2D eigenvalue weighted by molar-refractivity contribution is 7.88. The van der Waals surface area contributed by atoms with Gasteiger partial charge in [-0.05, 0) is 30.7 Å². The molecule has 1 aliphatic carbocycles. The van der Waals surface area contributed by atoms with Crippen LogP contribution in [0.2, 0.25) is 0 Å². The van der Waals surface area contributed by atoms with Crippen LogP contribution in [0, 0.1) is 5.92 Å². The van der Waals surface area contributed by atoms with Crippen LogP contribution in [0.25, 0.3) is 0 Å². The predicted octanol–water partition coefficient (Wildman–Crippen LogP) is 1.84. The van der Waals surface area contributed by atoms with Gasteiger partial charge in [-0.25, -0.2) is 13.1 Å². The maximum Gasteiger partial charge on any atom is 0.221 e. The van der Waals surface area contributed by atoms with Crippen molar-refractivity contribution in [3.8, 4) is 0 Å². The van der Waals surface area contributed by atoms with E-state index < -0.39 is 10.0 Å². The van der Waals surface area contributed by atoms with Crippen molar-refractivity contribution in [2.75, 3.05) is 12.8 Å². The highest BCUT2D eigenvalue weighted by atomic mass is 32.2. The Morgan fingerprint density at radius 3 is 2.57 bits per heavy atom. The molecule has 2 atom stereocenters. The second kappa shape index (κ2) is 8.45. The van der Waals surface area contributed by atoms with E-state index in [1.807, 2.05) is 18.2 Å². The van der Waals surface area contributed by atoms with Gasteiger partial charge in [0.25, 0.3) is 0 Å². The van der Waals surface area contributed by atoms with Gasteiger partial charge in [-0.2, -0.15) is 0 Å². The number of hydrogen-bond acceptors (Lipinski definition) is 3. The van der Waals surface area contributed by atoms with Crippen molar-refractivity contribution in [2.24, 2.45) is 5.92 Å². The molecule has 0 spiro atoms. The summed E-state index contributed by atoms with van der Waals surface area (Å²) < 4.78 is 24.4. The third-order valence-electron chi connectivity index (χ3n) is 4.31. The minimum absolute atomic E-state index is 0.0777. The van der Waals surface area contributed by atoms with E-state index in [-0.39, 0.29) is 24.9 Å². The number of amides is 1. The van der Waals surface area contributed by atoms with Crippen molar-refractivity contribution >= 4 is 15.9 Å². The van der Waals surface area contributed by atoms with E-state index in [0.717, 1.165) is 31.9 Å². The van der Waals surface area contributed by atoms with Gasteiger partial charge in [-0.15, -0.1) is 0 Å². The Labute approximate surface area is 138 Å². The summed E-state index contributed by atoms with van der Waals surface area (Å²) in [5.41, 5.74) is 1.30. The summed E-state index contributed by atoms with van der Waals surface area (Å²) in [5.74, 6) is 0.379. The third-order valence-corrected chi connectivity index (χ3v) is 5.04. The fourth-order valence-electron chi connectivity index (χ4n) is 3.19. The molecule has 1 aromatic rings. The monoisotopic (exact) mass is 338 g/mol. The topological polar surface area (TPSA) is 75.3 Å². The number of nitrogens with one attached hydrogen (secondary N) is 2. The first-order chi connectivity index (χ1) is 10.9. The molecule has 0 radical (unpaired) electrons. The van der Waals surface area contributed by atoms with E-state index >= 15 is 0 Å². The second-order valence-electron chi connectivity index (χ2n) is 6.32. The fourth-order valence-corrected chi connectivity index (χ4v) is 3.66. The lowest BCUT2D eigenvalue weighted by Crippen LogP contribution is -2.43. The Morgan fingerprint density at radius 1 is 1.17 bits per heavy atom. The molecule has 6 heteroatoms. The van der Waals surface area contributed by atoms with Crippen LogP contribution in [-0.2, 0) is 21.2 Å². The van der Waals surface area contributed by atoms with Crippen LogP contribution in [0.15, 0.2) is 30.3 Å². The van der Waals surface area contributed by atoms with Gasteiger partial charge < -0.3 is 5.32 Å². The normalized spacial score (nSPS) is 21.8. The van der Waals surface area contributed by atoms with Crippen LogP contribution in [0.5, 0.6) is 0 Å². The molecule has 0 saturated heterocycles. The first-order valence-corrected chi connectivity index (χ1v) is 10.1. The molecule has 1 aromatic carbocycles. The van der Waals surface area contributed by atoms with E-state index in [4.69, 9.17) is 0 Å². The van der Waals surface area contributed by atoms with Crippen LogP contribution in [0.4, 0.5) is 0 Å². The maximum atomic E-state index is 12.0. The Kier molecular flexibility index (Phi) is 6.59. The summed E-state index contributed by atoms with van der Waals surface area (Å²) in [6.45, 7) is 0.154. The van der Waals surface area contributed by atoms with Crippen molar-refractivity contribution in [1.29, 1.82) is 0 Å². The summed E-state index contributed by atoms with van der Waals surface area (Å²) in [4.78, 5) is 12.0. The van der Waals surface area contributed by atoms with E-state index in [0.29, 0.717) is 5.92 Å². The van der Waals surface area contributed by atoms with Gasteiger partial charge in [0, 0.05) is 19.0 Å². The first-order valence-electron chi connectivity index (χ1n) is 8.22. The van der Waals surface area contributed by atoms with Crippen molar-refractivity contribution < 1.29 is 13.2 Å². The van der Waals surface area contributed by atoms with E-state index in [1.54, 1.807) is 0 Å². The lowest BCUT2D eigenvalue weighted by atomic mass is 9.80. The Morgan fingerprint density at radius 2 is 1.87 bits per heavy atom. The Hall–Kier alpha value is -1.40. The molecular formula is C17H26N2O3S. The lowest BCUT2D eigenvalue weighted by molar-refractivity contribution is -0.122. The van der Waals surface area contributed by atoms with Gasteiger partial charge >= 0.3 is 0 Å².